The second kappa shape index (κ2) is 7.23. The molecule has 1 aromatic carbocycles. The molecular formula is C21H32Cl2N2. The van der Waals surface area contributed by atoms with E-state index in [9.17, 15) is 0 Å². The highest BCUT2D eigenvalue weighted by atomic mass is 35.5. The average Bonchev–Trinajstić information content (AvgIpc) is 2.59. The minimum absolute atomic E-state index is 0.323. The Morgan fingerprint density at radius 3 is 1.80 bits per heavy atom. The van der Waals surface area contributed by atoms with Gasteiger partial charge in [-0.05, 0) is 43.2 Å². The van der Waals surface area contributed by atoms with Crippen molar-refractivity contribution in [2.75, 3.05) is 0 Å². The van der Waals surface area contributed by atoms with Crippen LogP contribution in [0.3, 0.4) is 0 Å². The van der Waals surface area contributed by atoms with Crippen molar-refractivity contribution in [1.29, 1.82) is 0 Å². The lowest BCUT2D eigenvalue weighted by Crippen LogP contribution is -2.77. The predicted molar refractivity (Wildman–Crippen MR) is 110 cm³/mol. The van der Waals surface area contributed by atoms with Gasteiger partial charge in [-0.2, -0.15) is 0 Å². The van der Waals surface area contributed by atoms with Crippen LogP contribution in [0.15, 0.2) is 42.0 Å². The molecule has 0 fully saturated rings. The molecule has 0 aliphatic heterocycles. The van der Waals surface area contributed by atoms with Crippen LogP contribution in [0.25, 0.3) is 0 Å². The molecule has 0 heterocycles. The van der Waals surface area contributed by atoms with Crippen LogP contribution in [0.5, 0.6) is 0 Å². The summed E-state index contributed by atoms with van der Waals surface area (Å²) in [4.78, 5) is 0. The zero-order valence-electron chi connectivity index (χ0n) is 15.9. The molecule has 2 nitrogen and oxygen atoms in total. The van der Waals surface area contributed by atoms with Crippen LogP contribution in [-0.4, -0.2) is 10.00 Å². The predicted octanol–water partition coefficient (Wildman–Crippen LogP) is 5.57. The fourth-order valence-electron chi connectivity index (χ4n) is 4.88. The molecule has 4 heteroatoms. The fraction of sp³-hybridized carbons (Fsp3) is 0.619. The molecule has 1 aliphatic carbocycles. The van der Waals surface area contributed by atoms with E-state index in [4.69, 9.17) is 34.7 Å². The molecule has 2 rings (SSSR count). The van der Waals surface area contributed by atoms with Crippen LogP contribution in [-0.2, 0) is 6.42 Å². The Hall–Kier alpha value is -0.540. The van der Waals surface area contributed by atoms with Gasteiger partial charge < -0.3 is 11.5 Å². The van der Waals surface area contributed by atoms with E-state index >= 15 is 0 Å². The highest BCUT2D eigenvalue weighted by molar-refractivity contribution is 6.51. The molecule has 0 aromatic heterocycles. The van der Waals surface area contributed by atoms with Gasteiger partial charge in [0.1, 0.15) is 4.33 Å². The third-order valence-electron chi connectivity index (χ3n) is 6.78. The third-order valence-corrected chi connectivity index (χ3v) is 7.99. The molecule has 1 aliphatic rings. The summed E-state index contributed by atoms with van der Waals surface area (Å²) in [6.45, 7) is 8.50. The first-order valence-corrected chi connectivity index (χ1v) is 10.1. The van der Waals surface area contributed by atoms with Gasteiger partial charge in [0.15, 0.2) is 0 Å². The maximum atomic E-state index is 7.07. The van der Waals surface area contributed by atoms with Crippen molar-refractivity contribution in [3.8, 4) is 0 Å². The number of alkyl halides is 2. The van der Waals surface area contributed by atoms with Gasteiger partial charge in [-0.1, -0.05) is 87.3 Å². The minimum atomic E-state index is -1.09. The van der Waals surface area contributed by atoms with Crippen molar-refractivity contribution in [2.24, 2.45) is 22.3 Å². The quantitative estimate of drug-likeness (QED) is 0.383. The molecular weight excluding hydrogens is 351 g/mol. The van der Waals surface area contributed by atoms with Gasteiger partial charge in [-0.15, -0.1) is 0 Å². The van der Waals surface area contributed by atoms with Crippen LogP contribution in [0.4, 0.5) is 0 Å². The van der Waals surface area contributed by atoms with Gasteiger partial charge >= 0.3 is 0 Å². The SMILES string of the molecule is CCC1(CC)C=C(Cc2ccccc2)C(Cl)(Cl)C(CC)(CC)C1(N)N. The van der Waals surface area contributed by atoms with Crippen molar-refractivity contribution in [1.82, 2.24) is 0 Å². The standard InChI is InChI=1S/C21H32Cl2N2/c1-5-18(6-2)15-17(14-16-12-10-9-11-13-16)20(22,23)19(7-3,8-4)21(18,24)25/h9-13,15H,5-8,14,24-25H2,1-4H3. The van der Waals surface area contributed by atoms with E-state index in [1.54, 1.807) is 0 Å². The summed E-state index contributed by atoms with van der Waals surface area (Å²) >= 11 is 14.1. The van der Waals surface area contributed by atoms with Crippen molar-refractivity contribution >= 4 is 23.2 Å². The highest BCUT2D eigenvalue weighted by Crippen LogP contribution is 2.64. The van der Waals surface area contributed by atoms with Crippen LogP contribution in [0.1, 0.15) is 58.9 Å². The fourth-order valence-corrected chi connectivity index (χ4v) is 5.97. The van der Waals surface area contributed by atoms with E-state index in [-0.39, 0.29) is 5.41 Å². The van der Waals surface area contributed by atoms with Gasteiger partial charge in [0.05, 0.1) is 5.66 Å². The first-order chi connectivity index (χ1) is 11.7. The normalized spacial score (nSPS) is 23.1. The van der Waals surface area contributed by atoms with Crippen molar-refractivity contribution in [3.63, 3.8) is 0 Å². The molecule has 0 saturated carbocycles. The monoisotopic (exact) mass is 382 g/mol. The number of hydrogen-bond acceptors (Lipinski definition) is 2. The van der Waals surface area contributed by atoms with E-state index in [2.05, 4.69) is 45.9 Å². The molecule has 140 valence electrons. The zero-order valence-corrected chi connectivity index (χ0v) is 17.4. The number of allylic oxidation sites excluding steroid dienone is 1. The molecule has 0 unspecified atom stereocenters. The largest absolute Gasteiger partial charge is 0.312 e. The maximum absolute atomic E-state index is 7.07. The second-order valence-corrected chi connectivity index (χ2v) is 8.76. The summed E-state index contributed by atoms with van der Waals surface area (Å²) in [6.07, 6.45) is 6.10. The lowest BCUT2D eigenvalue weighted by atomic mass is 9.51. The van der Waals surface area contributed by atoms with Crippen LogP contribution < -0.4 is 11.5 Å². The minimum Gasteiger partial charge on any atom is -0.312 e. The third kappa shape index (κ3) is 2.86. The summed E-state index contributed by atoms with van der Waals surface area (Å²) in [7, 11) is 0. The Kier molecular flexibility index (Phi) is 6.01. The first kappa shape index (κ1) is 20.8. The molecule has 0 radical (unpaired) electrons. The van der Waals surface area contributed by atoms with Crippen LogP contribution in [0.2, 0.25) is 0 Å². The lowest BCUT2D eigenvalue weighted by molar-refractivity contribution is -0.0128. The van der Waals surface area contributed by atoms with Gasteiger partial charge in [0, 0.05) is 10.8 Å². The molecule has 0 saturated heterocycles. The van der Waals surface area contributed by atoms with Gasteiger partial charge in [0.25, 0.3) is 0 Å². The Balaban J connectivity index is 2.70. The number of nitrogens with two attached hydrogens (primary N) is 2. The van der Waals surface area contributed by atoms with Gasteiger partial charge in [0.2, 0.25) is 0 Å². The zero-order chi connectivity index (χ0) is 18.9. The van der Waals surface area contributed by atoms with Crippen LogP contribution in [0, 0.1) is 10.8 Å². The van der Waals surface area contributed by atoms with Crippen molar-refractivity contribution in [3.05, 3.63) is 47.5 Å². The Bertz CT molecular complexity index is 612. The second-order valence-electron chi connectivity index (χ2n) is 7.43. The molecule has 0 spiro atoms. The summed E-state index contributed by atoms with van der Waals surface area (Å²) in [6, 6.07) is 10.3. The summed E-state index contributed by atoms with van der Waals surface area (Å²) < 4.78 is -1.09. The molecule has 0 atom stereocenters. The number of halogens is 2. The van der Waals surface area contributed by atoms with Crippen molar-refractivity contribution in [2.45, 2.75) is 69.8 Å². The van der Waals surface area contributed by atoms with Crippen LogP contribution >= 0.6 is 23.2 Å². The summed E-state index contributed by atoms with van der Waals surface area (Å²) in [5.74, 6) is 0. The lowest BCUT2D eigenvalue weighted by Gasteiger charge is -2.63. The Morgan fingerprint density at radius 1 is 0.840 bits per heavy atom. The maximum Gasteiger partial charge on any atom is 0.148 e. The summed E-state index contributed by atoms with van der Waals surface area (Å²) in [5.41, 5.74) is 14.1. The molecule has 1 aromatic rings. The topological polar surface area (TPSA) is 52.0 Å². The molecule has 25 heavy (non-hydrogen) atoms. The van der Waals surface area contributed by atoms with E-state index in [0.717, 1.165) is 31.3 Å². The Morgan fingerprint density at radius 2 is 1.36 bits per heavy atom. The number of rotatable bonds is 6. The van der Waals surface area contributed by atoms with Crippen molar-refractivity contribution < 1.29 is 0 Å². The molecule has 4 N–H and O–H groups in total. The number of benzene rings is 1. The van der Waals surface area contributed by atoms with Gasteiger partial charge in [-0.3, -0.25) is 0 Å². The van der Waals surface area contributed by atoms with E-state index < -0.39 is 15.4 Å². The van der Waals surface area contributed by atoms with E-state index in [1.165, 1.54) is 5.56 Å². The Labute approximate surface area is 162 Å². The highest BCUT2D eigenvalue weighted by Gasteiger charge is 2.67. The average molecular weight is 383 g/mol. The smallest absolute Gasteiger partial charge is 0.148 e. The number of hydrogen-bond donors (Lipinski definition) is 2. The van der Waals surface area contributed by atoms with E-state index in [1.807, 2.05) is 18.2 Å². The van der Waals surface area contributed by atoms with Gasteiger partial charge in [-0.25, -0.2) is 0 Å². The molecule has 0 amide bonds. The van der Waals surface area contributed by atoms with E-state index in [0.29, 0.717) is 6.42 Å². The molecule has 0 bridgehead atoms. The first-order valence-electron chi connectivity index (χ1n) is 9.39. The summed E-state index contributed by atoms with van der Waals surface area (Å²) in [5, 5.41) is 0.